The smallest absolute Gasteiger partial charge is 0.245 e. The van der Waals surface area contributed by atoms with Gasteiger partial charge in [-0.1, -0.05) is 6.58 Å². The quantitative estimate of drug-likeness (QED) is 0.256. The van der Waals surface area contributed by atoms with Crippen molar-refractivity contribution < 1.29 is 23.4 Å². The largest absolute Gasteiger partial charge is 0.495 e. The SMILES string of the molecule is C=CC(=O)N1CCC(Nc2cc3c(Nc4ccc(Oc5ccnc(N6C[C@H]7C[C@@H]6CO7)n5)cc4F)ncnc3cc2OC)CC1. The predicted octanol–water partition coefficient (Wildman–Crippen LogP) is 4.67. The molecule has 2 atom stereocenters. The number of piperidine rings is 1. The van der Waals surface area contributed by atoms with E-state index in [1.165, 1.54) is 18.5 Å². The number of fused-ring (bicyclic) bond motifs is 3. The summed E-state index contributed by atoms with van der Waals surface area (Å²) in [4.78, 5) is 33.7. The summed E-state index contributed by atoms with van der Waals surface area (Å²) in [5.41, 5.74) is 1.63. The van der Waals surface area contributed by atoms with Crippen LogP contribution < -0.4 is 25.0 Å². The van der Waals surface area contributed by atoms with Crippen LogP contribution in [0.4, 0.5) is 27.5 Å². The van der Waals surface area contributed by atoms with E-state index in [0.717, 1.165) is 31.5 Å². The van der Waals surface area contributed by atoms with Crippen LogP contribution in [-0.2, 0) is 9.53 Å². The third-order valence-electron chi connectivity index (χ3n) is 8.49. The number of morpholine rings is 1. The van der Waals surface area contributed by atoms with E-state index >= 15 is 4.39 Å². The van der Waals surface area contributed by atoms with Gasteiger partial charge in [0.2, 0.25) is 17.7 Å². The molecule has 1 amide bonds. The molecule has 2 aromatic heterocycles. The first kappa shape index (κ1) is 28.7. The summed E-state index contributed by atoms with van der Waals surface area (Å²) >= 11 is 0. The number of halogens is 1. The van der Waals surface area contributed by atoms with Gasteiger partial charge in [-0.05, 0) is 43.5 Å². The molecule has 3 aliphatic heterocycles. The molecule has 2 bridgehead atoms. The number of amides is 1. The second-order valence-corrected chi connectivity index (χ2v) is 11.3. The van der Waals surface area contributed by atoms with E-state index in [1.807, 2.05) is 12.1 Å². The molecule has 0 aliphatic carbocycles. The van der Waals surface area contributed by atoms with Crippen molar-refractivity contribution in [2.45, 2.75) is 37.5 Å². The second-order valence-electron chi connectivity index (χ2n) is 11.3. The molecule has 13 heteroatoms. The van der Waals surface area contributed by atoms with Crippen molar-refractivity contribution in [3.8, 4) is 17.4 Å². The molecule has 45 heavy (non-hydrogen) atoms. The zero-order valence-electron chi connectivity index (χ0n) is 24.8. The number of rotatable bonds is 9. The summed E-state index contributed by atoms with van der Waals surface area (Å²) in [7, 11) is 1.60. The Hall–Kier alpha value is -5.04. The standard InChI is InChI=1S/C32H33FN8O4/c1-3-30(42)40-10-7-19(8-11-40)37-27-14-23-26(15-28(27)43-2)35-18-36-31(23)38-25-5-4-21(13-24(25)33)45-29-6-9-34-32(39-29)41-16-22-12-20(41)17-44-22/h3-6,9,13-15,18-20,22,37H,1,7-8,10-12,16-17H2,2H3,(H,35,36,38)/t20-,22-/m1/s1. The summed E-state index contributed by atoms with van der Waals surface area (Å²) in [6, 6.07) is 10.4. The number of likely N-dealkylation sites (tertiary alicyclic amines) is 1. The van der Waals surface area contributed by atoms with Gasteiger partial charge in [0.25, 0.3) is 0 Å². The number of nitrogens with one attached hydrogen (secondary N) is 2. The van der Waals surface area contributed by atoms with Crippen LogP contribution in [0.1, 0.15) is 19.3 Å². The molecule has 2 aromatic carbocycles. The van der Waals surface area contributed by atoms with E-state index in [-0.39, 0.29) is 29.8 Å². The Bertz CT molecular complexity index is 1750. The van der Waals surface area contributed by atoms with Crippen molar-refractivity contribution in [3.05, 3.63) is 67.4 Å². The minimum Gasteiger partial charge on any atom is -0.495 e. The van der Waals surface area contributed by atoms with Crippen LogP contribution in [0.2, 0.25) is 0 Å². The number of benzene rings is 2. The average Bonchev–Trinajstić information content (AvgIpc) is 3.71. The topological polar surface area (TPSA) is 127 Å². The predicted molar refractivity (Wildman–Crippen MR) is 167 cm³/mol. The molecule has 0 spiro atoms. The number of ether oxygens (including phenoxy) is 3. The summed E-state index contributed by atoms with van der Waals surface area (Å²) in [6.07, 6.45) is 7.15. The number of anilines is 4. The molecule has 232 valence electrons. The molecular weight excluding hydrogens is 579 g/mol. The van der Waals surface area contributed by atoms with Gasteiger partial charge < -0.3 is 34.6 Å². The van der Waals surface area contributed by atoms with Crippen molar-refractivity contribution in [2.75, 3.05) is 48.9 Å². The number of carbonyl (C=O) groups is 1. The fourth-order valence-corrected chi connectivity index (χ4v) is 6.14. The number of hydrogen-bond donors (Lipinski definition) is 2. The number of hydrogen-bond acceptors (Lipinski definition) is 11. The van der Waals surface area contributed by atoms with Crippen LogP contribution in [0.3, 0.4) is 0 Å². The Balaban J connectivity index is 1.07. The lowest BCUT2D eigenvalue weighted by atomic mass is 10.0. The molecule has 0 unspecified atom stereocenters. The zero-order valence-corrected chi connectivity index (χ0v) is 24.8. The van der Waals surface area contributed by atoms with Crippen LogP contribution in [0.5, 0.6) is 17.4 Å². The van der Waals surface area contributed by atoms with Crippen LogP contribution >= 0.6 is 0 Å². The number of aromatic nitrogens is 4. The maximum absolute atomic E-state index is 15.4. The lowest BCUT2D eigenvalue weighted by Gasteiger charge is -2.32. The van der Waals surface area contributed by atoms with Crippen LogP contribution in [-0.4, -0.2) is 82.3 Å². The average molecular weight is 613 g/mol. The van der Waals surface area contributed by atoms with Gasteiger partial charge in [-0.3, -0.25) is 4.79 Å². The second kappa shape index (κ2) is 12.2. The number of methoxy groups -OCH3 is 1. The fraction of sp³-hybridized carbons (Fsp3) is 0.344. The highest BCUT2D eigenvalue weighted by molar-refractivity contribution is 5.95. The van der Waals surface area contributed by atoms with Crippen molar-refractivity contribution in [1.29, 1.82) is 0 Å². The normalized spacial score (nSPS) is 19.5. The van der Waals surface area contributed by atoms with E-state index in [2.05, 4.69) is 42.0 Å². The van der Waals surface area contributed by atoms with Gasteiger partial charge in [0.05, 0.1) is 42.8 Å². The number of nitrogens with zero attached hydrogens (tertiary/aromatic N) is 6. The third kappa shape index (κ3) is 5.90. The molecule has 0 saturated carbocycles. The Morgan fingerprint density at radius 3 is 2.73 bits per heavy atom. The van der Waals surface area contributed by atoms with Gasteiger partial charge in [0.1, 0.15) is 29.5 Å². The van der Waals surface area contributed by atoms with Crippen molar-refractivity contribution in [1.82, 2.24) is 24.8 Å². The highest BCUT2D eigenvalue weighted by Crippen LogP contribution is 2.36. The van der Waals surface area contributed by atoms with Gasteiger partial charge in [-0.25, -0.2) is 19.3 Å². The molecule has 3 aliphatic rings. The van der Waals surface area contributed by atoms with E-state index in [0.29, 0.717) is 59.7 Å². The summed E-state index contributed by atoms with van der Waals surface area (Å²) < 4.78 is 32.6. The maximum atomic E-state index is 15.4. The number of carbonyl (C=O) groups excluding carboxylic acids is 1. The minimum atomic E-state index is -0.518. The Morgan fingerprint density at radius 2 is 2.00 bits per heavy atom. The van der Waals surface area contributed by atoms with E-state index in [4.69, 9.17) is 14.2 Å². The van der Waals surface area contributed by atoms with E-state index in [9.17, 15) is 4.79 Å². The highest BCUT2D eigenvalue weighted by Gasteiger charge is 2.40. The Labute approximate surface area is 259 Å². The Morgan fingerprint density at radius 1 is 1.13 bits per heavy atom. The van der Waals surface area contributed by atoms with Gasteiger partial charge in [0, 0.05) is 55.5 Å². The highest BCUT2D eigenvalue weighted by atomic mass is 19.1. The maximum Gasteiger partial charge on any atom is 0.245 e. The van der Waals surface area contributed by atoms with E-state index in [1.54, 1.807) is 36.4 Å². The summed E-state index contributed by atoms with van der Waals surface area (Å²) in [5.74, 6) is 1.71. The van der Waals surface area contributed by atoms with Crippen molar-refractivity contribution >= 4 is 40.0 Å². The monoisotopic (exact) mass is 612 g/mol. The Kier molecular flexibility index (Phi) is 7.76. The third-order valence-corrected chi connectivity index (χ3v) is 8.49. The zero-order chi connectivity index (χ0) is 30.9. The first-order valence-corrected chi connectivity index (χ1v) is 14.9. The lowest BCUT2D eigenvalue weighted by Crippen LogP contribution is -2.41. The van der Waals surface area contributed by atoms with Crippen LogP contribution in [0, 0.1) is 5.82 Å². The molecule has 5 heterocycles. The van der Waals surface area contributed by atoms with Gasteiger partial charge in [0.15, 0.2) is 0 Å². The van der Waals surface area contributed by atoms with Gasteiger partial charge >= 0.3 is 0 Å². The van der Waals surface area contributed by atoms with Crippen LogP contribution in [0.25, 0.3) is 10.9 Å². The van der Waals surface area contributed by atoms with Crippen LogP contribution in [0.15, 0.2) is 61.6 Å². The molecule has 3 fully saturated rings. The molecule has 12 nitrogen and oxygen atoms in total. The van der Waals surface area contributed by atoms with Crippen molar-refractivity contribution in [3.63, 3.8) is 0 Å². The first-order chi connectivity index (χ1) is 22.0. The molecular formula is C32H33FN8O4. The minimum absolute atomic E-state index is 0.0560. The molecule has 7 rings (SSSR count). The first-order valence-electron chi connectivity index (χ1n) is 14.9. The summed E-state index contributed by atoms with van der Waals surface area (Å²) in [5, 5.41) is 7.35. The summed E-state index contributed by atoms with van der Waals surface area (Å²) in [6.45, 7) is 6.28. The van der Waals surface area contributed by atoms with E-state index < -0.39 is 5.82 Å². The lowest BCUT2D eigenvalue weighted by molar-refractivity contribution is -0.126. The van der Waals surface area contributed by atoms with Crippen molar-refractivity contribution in [2.24, 2.45) is 0 Å². The fourth-order valence-electron chi connectivity index (χ4n) is 6.14. The molecule has 4 aromatic rings. The van der Waals surface area contributed by atoms with Gasteiger partial charge in [-0.15, -0.1) is 0 Å². The molecule has 3 saturated heterocycles. The molecule has 2 N–H and O–H groups in total. The molecule has 0 radical (unpaired) electrons. The van der Waals surface area contributed by atoms with Gasteiger partial charge in [-0.2, -0.15) is 4.98 Å².